The molecule has 1 saturated carbocycles. The molecule has 0 amide bonds. The summed E-state index contributed by atoms with van der Waals surface area (Å²) >= 11 is 0. The Bertz CT molecular complexity index is 189. The predicted octanol–water partition coefficient (Wildman–Crippen LogP) is 2.78. The molecule has 0 aromatic carbocycles. The summed E-state index contributed by atoms with van der Waals surface area (Å²) in [5.74, 6) is 0.963. The van der Waals surface area contributed by atoms with Gasteiger partial charge in [-0.3, -0.25) is 4.79 Å². The van der Waals surface area contributed by atoms with E-state index in [0.29, 0.717) is 11.8 Å². The van der Waals surface area contributed by atoms with E-state index in [2.05, 4.69) is 13.8 Å². The van der Waals surface area contributed by atoms with Crippen LogP contribution in [-0.4, -0.2) is 11.1 Å². The highest BCUT2D eigenvalue weighted by Crippen LogP contribution is 2.37. The second kappa shape index (κ2) is 4.12. The summed E-state index contributed by atoms with van der Waals surface area (Å²) in [4.78, 5) is 10.8. The van der Waals surface area contributed by atoms with E-state index in [1.54, 1.807) is 0 Å². The first-order valence-corrected chi connectivity index (χ1v) is 5.25. The summed E-state index contributed by atoms with van der Waals surface area (Å²) < 4.78 is 0. The number of carboxylic acids is 1. The van der Waals surface area contributed by atoms with E-state index in [4.69, 9.17) is 5.11 Å². The largest absolute Gasteiger partial charge is 0.481 e. The molecular weight excluding hydrogens is 164 g/mol. The van der Waals surface area contributed by atoms with Gasteiger partial charge in [0.1, 0.15) is 0 Å². The van der Waals surface area contributed by atoms with Crippen LogP contribution in [0.5, 0.6) is 0 Å². The van der Waals surface area contributed by atoms with E-state index in [0.717, 1.165) is 12.3 Å². The molecule has 0 spiro atoms. The van der Waals surface area contributed by atoms with Gasteiger partial charge < -0.3 is 5.11 Å². The molecule has 0 radical (unpaired) electrons. The topological polar surface area (TPSA) is 37.3 Å². The number of rotatable bonds is 2. The average molecular weight is 184 g/mol. The van der Waals surface area contributed by atoms with Crippen LogP contribution in [0.2, 0.25) is 0 Å². The first kappa shape index (κ1) is 10.6. The van der Waals surface area contributed by atoms with E-state index < -0.39 is 5.97 Å². The van der Waals surface area contributed by atoms with Crippen molar-refractivity contribution >= 4 is 5.97 Å². The molecule has 0 bridgehead atoms. The molecule has 1 rings (SSSR count). The number of carboxylic acid groups (broad SMARTS) is 1. The highest BCUT2D eigenvalue weighted by atomic mass is 16.4. The van der Waals surface area contributed by atoms with Crippen molar-refractivity contribution in [2.45, 2.75) is 40.0 Å². The van der Waals surface area contributed by atoms with Crippen molar-refractivity contribution in [3.8, 4) is 0 Å². The highest BCUT2D eigenvalue weighted by Gasteiger charge is 2.32. The van der Waals surface area contributed by atoms with Gasteiger partial charge in [-0.05, 0) is 30.6 Å². The van der Waals surface area contributed by atoms with Gasteiger partial charge in [0.2, 0.25) is 0 Å². The van der Waals surface area contributed by atoms with Crippen molar-refractivity contribution in [3.05, 3.63) is 0 Å². The third-order valence-corrected chi connectivity index (χ3v) is 3.53. The summed E-state index contributed by atoms with van der Waals surface area (Å²) in [7, 11) is 0. The molecule has 1 aliphatic carbocycles. The van der Waals surface area contributed by atoms with E-state index in [9.17, 15) is 4.79 Å². The van der Waals surface area contributed by atoms with Crippen LogP contribution in [-0.2, 0) is 4.79 Å². The Morgan fingerprint density at radius 3 is 2.46 bits per heavy atom. The van der Waals surface area contributed by atoms with Crippen molar-refractivity contribution in [2.75, 3.05) is 0 Å². The van der Waals surface area contributed by atoms with Crippen LogP contribution in [0.4, 0.5) is 0 Å². The van der Waals surface area contributed by atoms with Gasteiger partial charge in [-0.15, -0.1) is 0 Å². The third-order valence-electron chi connectivity index (χ3n) is 3.53. The molecule has 76 valence electrons. The Kier molecular flexibility index (Phi) is 3.34. The number of hydrogen-bond donors (Lipinski definition) is 1. The van der Waals surface area contributed by atoms with Gasteiger partial charge >= 0.3 is 5.97 Å². The van der Waals surface area contributed by atoms with Gasteiger partial charge in [-0.2, -0.15) is 0 Å². The van der Waals surface area contributed by atoms with Gasteiger partial charge in [0, 0.05) is 0 Å². The maximum absolute atomic E-state index is 10.8. The average Bonchev–Trinajstić information content (AvgIpc) is 2.03. The molecule has 2 nitrogen and oxygen atoms in total. The lowest BCUT2D eigenvalue weighted by molar-refractivity contribution is -0.144. The van der Waals surface area contributed by atoms with Crippen LogP contribution < -0.4 is 0 Å². The Hall–Kier alpha value is -0.530. The molecule has 0 aliphatic heterocycles. The standard InChI is InChI=1S/C11H20O2/c1-7-4-5-10(8(2)6-7)9(3)11(12)13/h7-10H,4-6H2,1-3H3,(H,12,13). The van der Waals surface area contributed by atoms with Gasteiger partial charge in [0.25, 0.3) is 0 Å². The molecule has 4 atom stereocenters. The van der Waals surface area contributed by atoms with Gasteiger partial charge in [0.05, 0.1) is 5.92 Å². The monoisotopic (exact) mass is 184 g/mol. The van der Waals surface area contributed by atoms with Crippen LogP contribution >= 0.6 is 0 Å². The number of carbonyl (C=O) groups is 1. The fourth-order valence-electron chi connectivity index (χ4n) is 2.61. The molecule has 0 saturated heterocycles. The molecule has 1 fully saturated rings. The maximum atomic E-state index is 10.8. The lowest BCUT2D eigenvalue weighted by atomic mass is 9.70. The van der Waals surface area contributed by atoms with Crippen LogP contribution in [0.3, 0.4) is 0 Å². The molecule has 13 heavy (non-hydrogen) atoms. The first-order chi connectivity index (χ1) is 6.02. The number of hydrogen-bond acceptors (Lipinski definition) is 1. The fraction of sp³-hybridized carbons (Fsp3) is 0.909. The van der Waals surface area contributed by atoms with Gasteiger partial charge in [0.15, 0.2) is 0 Å². The van der Waals surface area contributed by atoms with E-state index >= 15 is 0 Å². The molecule has 1 aliphatic rings. The fourth-order valence-corrected chi connectivity index (χ4v) is 2.61. The summed E-state index contributed by atoms with van der Waals surface area (Å²) in [6, 6.07) is 0. The van der Waals surface area contributed by atoms with E-state index in [-0.39, 0.29) is 5.92 Å². The Morgan fingerprint density at radius 2 is 2.00 bits per heavy atom. The zero-order valence-electron chi connectivity index (χ0n) is 8.79. The van der Waals surface area contributed by atoms with Crippen molar-refractivity contribution < 1.29 is 9.90 Å². The molecule has 0 aromatic rings. The predicted molar refractivity (Wildman–Crippen MR) is 52.5 cm³/mol. The molecule has 0 heterocycles. The molecule has 1 N–H and O–H groups in total. The maximum Gasteiger partial charge on any atom is 0.306 e. The molecule has 2 heteroatoms. The summed E-state index contributed by atoms with van der Waals surface area (Å²) in [5, 5.41) is 8.92. The van der Waals surface area contributed by atoms with Crippen molar-refractivity contribution in [2.24, 2.45) is 23.7 Å². The zero-order valence-corrected chi connectivity index (χ0v) is 8.79. The van der Waals surface area contributed by atoms with E-state index in [1.807, 2.05) is 6.92 Å². The van der Waals surface area contributed by atoms with Crippen molar-refractivity contribution in [3.63, 3.8) is 0 Å². The molecule has 0 aromatic heterocycles. The minimum Gasteiger partial charge on any atom is -0.481 e. The first-order valence-electron chi connectivity index (χ1n) is 5.25. The second-order valence-electron chi connectivity index (χ2n) is 4.69. The van der Waals surface area contributed by atoms with Crippen molar-refractivity contribution in [1.82, 2.24) is 0 Å². The molecular formula is C11H20O2. The SMILES string of the molecule is CC1CCC(C(C)C(=O)O)C(C)C1. The Morgan fingerprint density at radius 1 is 1.38 bits per heavy atom. The minimum atomic E-state index is -0.633. The second-order valence-corrected chi connectivity index (χ2v) is 4.69. The van der Waals surface area contributed by atoms with Crippen LogP contribution in [0.15, 0.2) is 0 Å². The van der Waals surface area contributed by atoms with Crippen LogP contribution in [0.1, 0.15) is 40.0 Å². The minimum absolute atomic E-state index is 0.164. The number of aliphatic carboxylic acids is 1. The van der Waals surface area contributed by atoms with Gasteiger partial charge in [-0.1, -0.05) is 27.2 Å². The summed E-state index contributed by atoms with van der Waals surface area (Å²) in [5.41, 5.74) is 0. The summed E-state index contributed by atoms with van der Waals surface area (Å²) in [6.07, 6.45) is 3.49. The third kappa shape index (κ3) is 2.45. The quantitative estimate of drug-likeness (QED) is 0.716. The van der Waals surface area contributed by atoms with Gasteiger partial charge in [-0.25, -0.2) is 0 Å². The molecule has 4 unspecified atom stereocenters. The van der Waals surface area contributed by atoms with Crippen LogP contribution in [0.25, 0.3) is 0 Å². The van der Waals surface area contributed by atoms with Crippen LogP contribution in [0, 0.1) is 23.7 Å². The smallest absolute Gasteiger partial charge is 0.306 e. The normalized spacial score (nSPS) is 37.0. The highest BCUT2D eigenvalue weighted by molar-refractivity contribution is 5.69. The Balaban J connectivity index is 2.55. The Labute approximate surface area is 80.3 Å². The lowest BCUT2D eigenvalue weighted by Crippen LogP contribution is -2.30. The van der Waals surface area contributed by atoms with E-state index in [1.165, 1.54) is 12.8 Å². The van der Waals surface area contributed by atoms with Crippen molar-refractivity contribution in [1.29, 1.82) is 0 Å². The lowest BCUT2D eigenvalue weighted by Gasteiger charge is -2.34. The summed E-state index contributed by atoms with van der Waals surface area (Å²) in [6.45, 7) is 6.30. The zero-order chi connectivity index (χ0) is 10.0.